The number of benzene rings is 3. The molecule has 0 aliphatic carbocycles. The van der Waals surface area contributed by atoms with Gasteiger partial charge in [0.05, 0.1) is 20.6 Å². The van der Waals surface area contributed by atoms with Crippen LogP contribution in [0.25, 0.3) is 0 Å². The van der Waals surface area contributed by atoms with Crippen LogP contribution in [0.1, 0.15) is 18.1 Å². The summed E-state index contributed by atoms with van der Waals surface area (Å²) in [6, 6.07) is 16.6. The van der Waals surface area contributed by atoms with Crippen molar-refractivity contribution >= 4 is 62.3 Å². The average Bonchev–Trinajstić information content (AvgIpc) is 2.87. The lowest BCUT2D eigenvalue weighted by Crippen LogP contribution is -2.50. The first kappa shape index (κ1) is 28.8. The van der Waals surface area contributed by atoms with Gasteiger partial charge in [0.25, 0.3) is 10.0 Å². The molecule has 0 spiro atoms. The van der Waals surface area contributed by atoms with Crippen molar-refractivity contribution in [3.8, 4) is 0 Å². The van der Waals surface area contributed by atoms with Crippen molar-refractivity contribution in [3.05, 3.63) is 92.9 Å². The minimum atomic E-state index is -4.20. The largest absolute Gasteiger partial charge is 0.357 e. The van der Waals surface area contributed by atoms with E-state index in [9.17, 15) is 18.0 Å². The van der Waals surface area contributed by atoms with Gasteiger partial charge in [-0.05, 0) is 55.8 Å². The summed E-state index contributed by atoms with van der Waals surface area (Å²) in [5.41, 5.74) is 1.63. The zero-order chi connectivity index (χ0) is 27.3. The van der Waals surface area contributed by atoms with Gasteiger partial charge in [-0.25, -0.2) is 8.42 Å². The summed E-state index contributed by atoms with van der Waals surface area (Å²) in [5, 5.41) is 3.31. The maximum Gasteiger partial charge on any atom is 0.264 e. The van der Waals surface area contributed by atoms with Gasteiger partial charge < -0.3 is 10.2 Å². The van der Waals surface area contributed by atoms with Gasteiger partial charge in [-0.1, -0.05) is 70.7 Å². The summed E-state index contributed by atoms with van der Waals surface area (Å²) >= 11 is 18.6. The van der Waals surface area contributed by atoms with Crippen LogP contribution >= 0.6 is 34.8 Å². The van der Waals surface area contributed by atoms with Crippen molar-refractivity contribution in [2.75, 3.05) is 17.9 Å². The number of amides is 2. The molecule has 7 nitrogen and oxygen atoms in total. The van der Waals surface area contributed by atoms with Crippen molar-refractivity contribution in [3.63, 3.8) is 0 Å². The quantitative estimate of drug-likeness (QED) is 0.370. The molecule has 37 heavy (non-hydrogen) atoms. The highest BCUT2D eigenvalue weighted by Crippen LogP contribution is 2.31. The third-order valence-corrected chi connectivity index (χ3v) is 8.69. The predicted molar refractivity (Wildman–Crippen MR) is 148 cm³/mol. The van der Waals surface area contributed by atoms with Crippen LogP contribution in [0.2, 0.25) is 15.1 Å². The van der Waals surface area contributed by atoms with E-state index in [1.165, 1.54) is 42.3 Å². The van der Waals surface area contributed by atoms with Gasteiger partial charge in [0.1, 0.15) is 12.6 Å². The molecule has 196 valence electrons. The maximum atomic E-state index is 13.7. The molecule has 2 amide bonds. The SMILES string of the molecule is CNC(=O)C(C)N(Cc1ccccc1Cl)C(=O)CN(c1ccc(Cl)c(Cl)c1)S(=O)(=O)c1ccc(C)cc1. The second-order valence-corrected chi connectivity index (χ2v) is 11.4. The van der Waals surface area contributed by atoms with Gasteiger partial charge in [-0.15, -0.1) is 0 Å². The lowest BCUT2D eigenvalue weighted by molar-refractivity contribution is -0.139. The molecule has 11 heteroatoms. The van der Waals surface area contributed by atoms with E-state index in [4.69, 9.17) is 34.8 Å². The normalized spacial score (nSPS) is 12.1. The molecule has 1 atom stereocenters. The number of hydrogen-bond acceptors (Lipinski definition) is 4. The van der Waals surface area contributed by atoms with E-state index in [0.717, 1.165) is 9.87 Å². The monoisotopic (exact) mass is 581 g/mol. The van der Waals surface area contributed by atoms with Gasteiger partial charge in [-0.2, -0.15) is 0 Å². The lowest BCUT2D eigenvalue weighted by atomic mass is 10.1. The van der Waals surface area contributed by atoms with Gasteiger partial charge >= 0.3 is 0 Å². The molecule has 0 saturated carbocycles. The van der Waals surface area contributed by atoms with E-state index < -0.39 is 34.4 Å². The highest BCUT2D eigenvalue weighted by molar-refractivity contribution is 7.92. The molecule has 0 aliphatic rings. The fraction of sp³-hybridized carbons (Fsp3) is 0.231. The lowest BCUT2D eigenvalue weighted by Gasteiger charge is -2.32. The predicted octanol–water partition coefficient (Wildman–Crippen LogP) is 5.31. The molecule has 3 rings (SSSR count). The summed E-state index contributed by atoms with van der Waals surface area (Å²) < 4.78 is 28.5. The van der Waals surface area contributed by atoms with Gasteiger partial charge in [0.2, 0.25) is 11.8 Å². The number of nitrogens with one attached hydrogen (secondary N) is 1. The van der Waals surface area contributed by atoms with Crippen molar-refractivity contribution < 1.29 is 18.0 Å². The third-order valence-electron chi connectivity index (χ3n) is 5.79. The highest BCUT2D eigenvalue weighted by Gasteiger charge is 2.32. The molecule has 1 unspecified atom stereocenters. The summed E-state index contributed by atoms with van der Waals surface area (Å²) in [6.45, 7) is 2.79. The first-order valence-corrected chi connectivity index (χ1v) is 13.8. The minimum Gasteiger partial charge on any atom is -0.357 e. The van der Waals surface area contributed by atoms with E-state index in [1.807, 2.05) is 6.92 Å². The first-order valence-electron chi connectivity index (χ1n) is 11.2. The zero-order valence-corrected chi connectivity index (χ0v) is 23.5. The van der Waals surface area contributed by atoms with Crippen LogP contribution in [0.3, 0.4) is 0 Å². The number of halogens is 3. The molecular weight excluding hydrogens is 557 g/mol. The number of sulfonamides is 1. The number of carbonyl (C=O) groups is 2. The number of nitrogens with zero attached hydrogens (tertiary/aromatic N) is 2. The minimum absolute atomic E-state index is 0.00558. The first-order chi connectivity index (χ1) is 17.4. The molecule has 0 fully saturated rings. The molecule has 0 bridgehead atoms. The average molecular weight is 583 g/mol. The van der Waals surface area contributed by atoms with E-state index >= 15 is 0 Å². The molecule has 0 aliphatic heterocycles. The van der Waals surface area contributed by atoms with E-state index in [1.54, 1.807) is 43.3 Å². The van der Waals surface area contributed by atoms with Crippen LogP contribution < -0.4 is 9.62 Å². The van der Waals surface area contributed by atoms with Crippen molar-refractivity contribution in [1.29, 1.82) is 0 Å². The number of carbonyl (C=O) groups excluding carboxylic acids is 2. The topological polar surface area (TPSA) is 86.8 Å². The Hall–Kier alpha value is -2.78. The van der Waals surface area contributed by atoms with Gasteiger partial charge in [0, 0.05) is 18.6 Å². The molecule has 0 saturated heterocycles. The number of anilines is 1. The Balaban J connectivity index is 2.07. The fourth-order valence-electron chi connectivity index (χ4n) is 3.61. The van der Waals surface area contributed by atoms with Crippen LogP contribution in [0, 0.1) is 6.92 Å². The fourth-order valence-corrected chi connectivity index (χ4v) is 5.50. The van der Waals surface area contributed by atoms with Crippen LogP contribution in [0.5, 0.6) is 0 Å². The van der Waals surface area contributed by atoms with Crippen LogP contribution in [0.15, 0.2) is 71.6 Å². The van der Waals surface area contributed by atoms with Crippen LogP contribution in [0.4, 0.5) is 5.69 Å². The molecule has 1 N–H and O–H groups in total. The Labute approximate surface area is 232 Å². The Morgan fingerprint density at radius 2 is 1.57 bits per heavy atom. The molecule has 3 aromatic rings. The molecule has 0 heterocycles. The molecule has 3 aromatic carbocycles. The van der Waals surface area contributed by atoms with E-state index in [-0.39, 0.29) is 27.2 Å². The smallest absolute Gasteiger partial charge is 0.264 e. The molecular formula is C26H26Cl3N3O4S. The molecule has 0 aromatic heterocycles. The third kappa shape index (κ3) is 6.76. The highest BCUT2D eigenvalue weighted by atomic mass is 35.5. The van der Waals surface area contributed by atoms with Crippen LogP contribution in [-0.2, 0) is 26.2 Å². The molecule has 0 radical (unpaired) electrons. The maximum absolute atomic E-state index is 13.7. The van der Waals surface area contributed by atoms with Crippen molar-refractivity contribution in [2.45, 2.75) is 31.3 Å². The van der Waals surface area contributed by atoms with Crippen LogP contribution in [-0.4, -0.2) is 44.8 Å². The van der Waals surface area contributed by atoms with Crippen molar-refractivity contribution in [2.24, 2.45) is 0 Å². The second-order valence-electron chi connectivity index (χ2n) is 8.33. The Kier molecular flexibility index (Phi) is 9.47. The van der Waals surface area contributed by atoms with Gasteiger partial charge in [0.15, 0.2) is 0 Å². The zero-order valence-electron chi connectivity index (χ0n) is 20.4. The summed E-state index contributed by atoms with van der Waals surface area (Å²) in [7, 11) is -2.74. The number of rotatable bonds is 9. The number of aryl methyl sites for hydroxylation is 1. The number of hydrogen-bond donors (Lipinski definition) is 1. The standard InChI is InChI=1S/C26H26Cl3N3O4S/c1-17-8-11-21(12-9-17)37(35,36)32(20-10-13-23(28)24(29)14-20)16-25(33)31(18(2)26(34)30-3)15-19-6-4-5-7-22(19)27/h4-14,18H,15-16H2,1-3H3,(H,30,34). The summed E-state index contributed by atoms with van der Waals surface area (Å²) in [6.07, 6.45) is 0. The summed E-state index contributed by atoms with van der Waals surface area (Å²) in [5.74, 6) is -1.03. The Morgan fingerprint density at radius 3 is 2.16 bits per heavy atom. The number of likely N-dealkylation sites (N-methyl/N-ethyl adjacent to an activating group) is 1. The summed E-state index contributed by atoms with van der Waals surface area (Å²) in [4.78, 5) is 27.5. The second kappa shape index (κ2) is 12.2. The van der Waals surface area contributed by atoms with Gasteiger partial charge in [-0.3, -0.25) is 13.9 Å². The van der Waals surface area contributed by atoms with E-state index in [2.05, 4.69) is 5.32 Å². The van der Waals surface area contributed by atoms with E-state index in [0.29, 0.717) is 10.6 Å². The Bertz CT molecular complexity index is 1400. The van der Waals surface area contributed by atoms with Crippen molar-refractivity contribution in [1.82, 2.24) is 10.2 Å². The Morgan fingerprint density at radius 1 is 0.919 bits per heavy atom.